The van der Waals surface area contributed by atoms with E-state index >= 15 is 0 Å². The van der Waals surface area contributed by atoms with Gasteiger partial charge in [-0.15, -0.1) is 0 Å². The van der Waals surface area contributed by atoms with Crippen molar-refractivity contribution in [3.63, 3.8) is 0 Å². The van der Waals surface area contributed by atoms with Crippen molar-refractivity contribution < 1.29 is 19.1 Å². The van der Waals surface area contributed by atoms with Crippen molar-refractivity contribution in [3.05, 3.63) is 95.6 Å². The standard InChI is InChI=1S/C25H20N2O4/c1-30-23-13-6-5-12-22(23)20(16-26)14-18-8-7-11-21(15-18)31-24(28)17-27-25(29)19-9-3-2-4-10-19/h2-15H,17H2,1H3,(H,27,29)/b20-14-. The fourth-order valence-electron chi connectivity index (χ4n) is 2.88. The molecule has 3 aromatic rings. The van der Waals surface area contributed by atoms with Gasteiger partial charge in [0, 0.05) is 11.1 Å². The third kappa shape index (κ3) is 5.81. The molecule has 3 rings (SSSR count). The lowest BCUT2D eigenvalue weighted by molar-refractivity contribution is -0.133. The molecule has 1 amide bonds. The minimum Gasteiger partial charge on any atom is -0.496 e. The van der Waals surface area contributed by atoms with E-state index in [-0.39, 0.29) is 12.5 Å². The number of nitrogens with one attached hydrogen (secondary N) is 1. The Morgan fingerprint density at radius 3 is 2.48 bits per heavy atom. The van der Waals surface area contributed by atoms with Crippen LogP contribution < -0.4 is 14.8 Å². The maximum absolute atomic E-state index is 12.1. The van der Waals surface area contributed by atoms with Crippen LogP contribution in [-0.4, -0.2) is 25.5 Å². The van der Waals surface area contributed by atoms with Gasteiger partial charge in [-0.2, -0.15) is 5.26 Å². The first-order valence-electron chi connectivity index (χ1n) is 9.50. The van der Waals surface area contributed by atoms with Crippen molar-refractivity contribution in [2.24, 2.45) is 0 Å². The van der Waals surface area contributed by atoms with Crippen molar-refractivity contribution in [1.82, 2.24) is 5.32 Å². The third-order valence-electron chi connectivity index (χ3n) is 4.35. The summed E-state index contributed by atoms with van der Waals surface area (Å²) in [6.45, 7) is -0.265. The second-order valence-corrected chi connectivity index (χ2v) is 6.47. The number of nitrogens with zero attached hydrogens (tertiary/aromatic N) is 1. The summed E-state index contributed by atoms with van der Waals surface area (Å²) in [7, 11) is 1.55. The molecule has 154 valence electrons. The Hall–Kier alpha value is -4.37. The highest BCUT2D eigenvalue weighted by molar-refractivity contribution is 5.96. The minimum atomic E-state index is -0.601. The summed E-state index contributed by atoms with van der Waals surface area (Å²) in [4.78, 5) is 24.2. The lowest BCUT2D eigenvalue weighted by atomic mass is 10.0. The third-order valence-corrected chi connectivity index (χ3v) is 4.35. The number of allylic oxidation sites excluding steroid dienone is 1. The largest absolute Gasteiger partial charge is 0.496 e. The molecule has 0 aromatic heterocycles. The van der Waals surface area contributed by atoms with Gasteiger partial charge in [0.25, 0.3) is 5.91 Å². The first kappa shape index (κ1) is 21.3. The summed E-state index contributed by atoms with van der Waals surface area (Å²) < 4.78 is 10.6. The fraction of sp³-hybridized carbons (Fsp3) is 0.0800. The molecule has 0 saturated carbocycles. The van der Waals surface area contributed by atoms with Gasteiger partial charge in [0.1, 0.15) is 18.0 Å². The van der Waals surface area contributed by atoms with Crippen LogP contribution in [0.3, 0.4) is 0 Å². The summed E-state index contributed by atoms with van der Waals surface area (Å²) >= 11 is 0. The van der Waals surface area contributed by atoms with Crippen molar-refractivity contribution in [2.45, 2.75) is 0 Å². The number of hydrogen-bond acceptors (Lipinski definition) is 5. The number of rotatable bonds is 7. The molecule has 0 aliphatic heterocycles. The first-order valence-corrected chi connectivity index (χ1v) is 9.50. The van der Waals surface area contributed by atoms with E-state index < -0.39 is 5.97 Å². The molecule has 0 heterocycles. The highest BCUT2D eigenvalue weighted by atomic mass is 16.5. The molecule has 0 aliphatic carbocycles. The topological polar surface area (TPSA) is 88.4 Å². The van der Waals surface area contributed by atoms with Gasteiger partial charge in [-0.25, -0.2) is 4.79 Å². The van der Waals surface area contributed by atoms with Crippen LogP contribution in [0, 0.1) is 11.3 Å². The van der Waals surface area contributed by atoms with E-state index in [1.165, 1.54) is 0 Å². The number of carbonyl (C=O) groups is 2. The average Bonchev–Trinajstić information content (AvgIpc) is 2.81. The van der Waals surface area contributed by atoms with E-state index in [4.69, 9.17) is 9.47 Å². The number of carbonyl (C=O) groups excluding carboxylic acids is 2. The number of para-hydroxylation sites is 1. The molecule has 0 bridgehead atoms. The second-order valence-electron chi connectivity index (χ2n) is 6.47. The average molecular weight is 412 g/mol. The van der Waals surface area contributed by atoms with Crippen LogP contribution in [0.2, 0.25) is 0 Å². The molecule has 0 atom stereocenters. The molecular weight excluding hydrogens is 392 g/mol. The molecule has 31 heavy (non-hydrogen) atoms. The van der Waals surface area contributed by atoms with Gasteiger partial charge in [0.2, 0.25) is 0 Å². The van der Waals surface area contributed by atoms with E-state index in [1.54, 1.807) is 79.9 Å². The summed E-state index contributed by atoms with van der Waals surface area (Å²) in [5.41, 5.74) is 2.22. The Bertz CT molecular complexity index is 1150. The highest BCUT2D eigenvalue weighted by Gasteiger charge is 2.11. The molecule has 6 heteroatoms. The number of methoxy groups -OCH3 is 1. The van der Waals surface area contributed by atoms with Gasteiger partial charge >= 0.3 is 5.97 Å². The van der Waals surface area contributed by atoms with Crippen LogP contribution in [0.15, 0.2) is 78.9 Å². The van der Waals surface area contributed by atoms with Crippen LogP contribution in [0.1, 0.15) is 21.5 Å². The van der Waals surface area contributed by atoms with Crippen LogP contribution in [0.5, 0.6) is 11.5 Å². The smallest absolute Gasteiger partial charge is 0.330 e. The van der Waals surface area contributed by atoms with Crippen LogP contribution in [-0.2, 0) is 4.79 Å². The predicted molar refractivity (Wildman–Crippen MR) is 117 cm³/mol. The van der Waals surface area contributed by atoms with E-state index in [0.717, 1.165) is 0 Å². The quantitative estimate of drug-likeness (QED) is 0.273. The fourth-order valence-corrected chi connectivity index (χ4v) is 2.88. The maximum atomic E-state index is 12.1. The van der Waals surface area contributed by atoms with Crippen LogP contribution >= 0.6 is 0 Å². The van der Waals surface area contributed by atoms with Gasteiger partial charge in [-0.05, 0) is 48.0 Å². The molecule has 1 N–H and O–H groups in total. The summed E-state index contributed by atoms with van der Waals surface area (Å²) in [6.07, 6.45) is 1.69. The van der Waals surface area contributed by atoms with Gasteiger partial charge < -0.3 is 14.8 Å². The van der Waals surface area contributed by atoms with Gasteiger partial charge in [0.05, 0.1) is 18.8 Å². The number of benzene rings is 3. The Morgan fingerprint density at radius 2 is 1.74 bits per heavy atom. The molecule has 3 aromatic carbocycles. The van der Waals surface area contributed by atoms with Crippen molar-refractivity contribution in [3.8, 4) is 17.6 Å². The first-order chi connectivity index (χ1) is 15.1. The molecule has 6 nitrogen and oxygen atoms in total. The van der Waals surface area contributed by atoms with E-state index in [2.05, 4.69) is 11.4 Å². The lowest BCUT2D eigenvalue weighted by Gasteiger charge is -2.08. The number of amides is 1. The SMILES string of the molecule is COc1ccccc1/C(C#N)=C\c1cccc(OC(=O)CNC(=O)c2ccccc2)c1. The Kier molecular flexibility index (Phi) is 7.17. The number of ether oxygens (including phenoxy) is 2. The zero-order chi connectivity index (χ0) is 22.1. The van der Waals surface area contributed by atoms with Crippen molar-refractivity contribution in [2.75, 3.05) is 13.7 Å². The molecule has 0 radical (unpaired) electrons. The molecular formula is C25H20N2O4. The van der Waals surface area contributed by atoms with Gasteiger partial charge in [-0.1, -0.05) is 42.5 Å². The summed E-state index contributed by atoms with van der Waals surface area (Å²) in [5, 5.41) is 12.1. The Balaban J connectivity index is 1.68. The second kappa shape index (κ2) is 10.4. The predicted octanol–water partition coefficient (Wildman–Crippen LogP) is 4.09. The molecule has 0 fully saturated rings. The lowest BCUT2D eigenvalue weighted by Crippen LogP contribution is -2.31. The van der Waals surface area contributed by atoms with Crippen molar-refractivity contribution in [1.29, 1.82) is 5.26 Å². The summed E-state index contributed by atoms with van der Waals surface area (Å²) in [6, 6.07) is 24.8. The number of nitriles is 1. The summed E-state index contributed by atoms with van der Waals surface area (Å²) in [5.74, 6) is -0.0579. The molecule has 0 saturated heterocycles. The van der Waals surface area contributed by atoms with E-state index in [1.807, 2.05) is 12.1 Å². The zero-order valence-corrected chi connectivity index (χ0v) is 16.9. The van der Waals surface area contributed by atoms with Crippen molar-refractivity contribution >= 4 is 23.5 Å². The number of esters is 1. The number of hydrogen-bond donors (Lipinski definition) is 1. The normalized spacial score (nSPS) is 10.6. The van der Waals surface area contributed by atoms with Crippen LogP contribution in [0.25, 0.3) is 11.6 Å². The minimum absolute atomic E-state index is 0.265. The van der Waals surface area contributed by atoms with Gasteiger partial charge in [-0.3, -0.25) is 4.79 Å². The Morgan fingerprint density at radius 1 is 1.00 bits per heavy atom. The zero-order valence-electron chi connectivity index (χ0n) is 16.9. The maximum Gasteiger partial charge on any atom is 0.330 e. The molecule has 0 aliphatic rings. The monoisotopic (exact) mass is 412 g/mol. The Labute approximate surface area is 180 Å². The molecule has 0 unspecified atom stereocenters. The van der Waals surface area contributed by atoms with Gasteiger partial charge in [0.15, 0.2) is 0 Å². The van der Waals surface area contributed by atoms with E-state index in [0.29, 0.717) is 33.8 Å². The molecule has 0 spiro atoms. The van der Waals surface area contributed by atoms with E-state index in [9.17, 15) is 14.9 Å². The highest BCUT2D eigenvalue weighted by Crippen LogP contribution is 2.27. The van der Waals surface area contributed by atoms with Crippen LogP contribution in [0.4, 0.5) is 0 Å².